The van der Waals surface area contributed by atoms with Gasteiger partial charge in [-0.3, -0.25) is 0 Å². The smallest absolute Gasteiger partial charge is 0.319 e. The van der Waals surface area contributed by atoms with Crippen LogP contribution in [-0.2, 0) is 12.8 Å². The summed E-state index contributed by atoms with van der Waals surface area (Å²) in [5.41, 5.74) is 3.40. The number of hydrogen-bond acceptors (Lipinski definition) is 2. The summed E-state index contributed by atoms with van der Waals surface area (Å²) in [4.78, 5) is 11.8. The number of aryl methyl sites for hydroxylation is 2. The van der Waals surface area contributed by atoms with Gasteiger partial charge in [0.15, 0.2) is 0 Å². The number of carbonyl (C=O) groups is 1. The minimum Gasteiger partial charge on any atom is -0.492 e. The Labute approximate surface area is 140 Å². The van der Waals surface area contributed by atoms with E-state index in [2.05, 4.69) is 22.8 Å². The van der Waals surface area contributed by atoms with E-state index in [9.17, 15) is 4.79 Å². The van der Waals surface area contributed by atoms with Gasteiger partial charge in [-0.1, -0.05) is 29.8 Å². The number of nitrogens with one attached hydrogen (secondary N) is 2. The van der Waals surface area contributed by atoms with Crippen molar-refractivity contribution in [3.63, 3.8) is 0 Å². The number of fused-ring (bicyclic) bond motifs is 1. The van der Waals surface area contributed by atoms with Crippen molar-refractivity contribution in [1.29, 1.82) is 0 Å². The van der Waals surface area contributed by atoms with Gasteiger partial charge in [0.1, 0.15) is 12.4 Å². The van der Waals surface area contributed by atoms with E-state index >= 15 is 0 Å². The topological polar surface area (TPSA) is 50.4 Å². The maximum Gasteiger partial charge on any atom is 0.319 e. The summed E-state index contributed by atoms with van der Waals surface area (Å²) in [6.07, 6.45) is 3.52. The lowest BCUT2D eigenvalue weighted by Gasteiger charge is -2.10. The standard InChI is InChI=1S/C18H19ClN2O2/c19-16-6-1-2-7-17(16)21-18(22)20-10-11-23-15-9-8-13-4-3-5-14(13)12-15/h1-2,6-9,12H,3-5,10-11H2,(H2,20,21,22). The first-order valence-electron chi connectivity index (χ1n) is 7.76. The van der Waals surface area contributed by atoms with Crippen molar-refractivity contribution in [2.24, 2.45) is 0 Å². The fraction of sp³-hybridized carbons (Fsp3) is 0.278. The molecule has 0 aliphatic heterocycles. The Balaban J connectivity index is 1.41. The van der Waals surface area contributed by atoms with E-state index in [1.807, 2.05) is 18.2 Å². The summed E-state index contributed by atoms with van der Waals surface area (Å²) in [6, 6.07) is 13.1. The largest absolute Gasteiger partial charge is 0.492 e. The molecule has 23 heavy (non-hydrogen) atoms. The van der Waals surface area contributed by atoms with E-state index in [-0.39, 0.29) is 6.03 Å². The van der Waals surface area contributed by atoms with Crippen LogP contribution in [0.25, 0.3) is 0 Å². The fourth-order valence-corrected chi connectivity index (χ4v) is 2.88. The molecule has 120 valence electrons. The summed E-state index contributed by atoms with van der Waals surface area (Å²) in [7, 11) is 0. The van der Waals surface area contributed by atoms with Crippen LogP contribution >= 0.6 is 11.6 Å². The number of anilines is 1. The average molecular weight is 331 g/mol. The third-order valence-corrected chi connectivity index (χ3v) is 4.18. The second-order valence-electron chi connectivity index (χ2n) is 5.49. The first-order valence-corrected chi connectivity index (χ1v) is 8.14. The highest BCUT2D eigenvalue weighted by Gasteiger charge is 2.11. The zero-order valence-electron chi connectivity index (χ0n) is 12.8. The van der Waals surface area contributed by atoms with Crippen molar-refractivity contribution in [3.8, 4) is 5.75 Å². The van der Waals surface area contributed by atoms with Gasteiger partial charge >= 0.3 is 6.03 Å². The summed E-state index contributed by atoms with van der Waals surface area (Å²) < 4.78 is 5.69. The Morgan fingerprint density at radius 2 is 1.96 bits per heavy atom. The molecule has 2 aromatic carbocycles. The maximum absolute atomic E-state index is 11.8. The van der Waals surface area contributed by atoms with E-state index < -0.39 is 0 Å². The van der Waals surface area contributed by atoms with Gasteiger partial charge in [-0.2, -0.15) is 0 Å². The quantitative estimate of drug-likeness (QED) is 0.813. The van der Waals surface area contributed by atoms with Crippen LogP contribution in [0.5, 0.6) is 5.75 Å². The SMILES string of the molecule is O=C(NCCOc1ccc2c(c1)CCC2)Nc1ccccc1Cl. The normalized spacial score (nSPS) is 12.6. The molecule has 0 aromatic heterocycles. The molecule has 0 unspecified atom stereocenters. The van der Waals surface area contributed by atoms with Gasteiger partial charge in [0.25, 0.3) is 0 Å². The highest BCUT2D eigenvalue weighted by molar-refractivity contribution is 6.33. The number of rotatable bonds is 5. The molecule has 0 saturated carbocycles. The van der Waals surface area contributed by atoms with E-state index in [4.69, 9.17) is 16.3 Å². The monoisotopic (exact) mass is 330 g/mol. The molecule has 5 heteroatoms. The number of urea groups is 1. The van der Waals surface area contributed by atoms with Crippen molar-refractivity contribution in [2.75, 3.05) is 18.5 Å². The Morgan fingerprint density at radius 1 is 1.13 bits per heavy atom. The van der Waals surface area contributed by atoms with Crippen LogP contribution in [-0.4, -0.2) is 19.2 Å². The molecule has 0 radical (unpaired) electrons. The molecule has 1 aliphatic carbocycles. The van der Waals surface area contributed by atoms with Crippen LogP contribution in [0.15, 0.2) is 42.5 Å². The van der Waals surface area contributed by atoms with Crippen LogP contribution in [0.3, 0.4) is 0 Å². The predicted octanol–water partition coefficient (Wildman–Crippen LogP) is 4.03. The number of hydrogen-bond donors (Lipinski definition) is 2. The fourth-order valence-electron chi connectivity index (χ4n) is 2.70. The van der Waals surface area contributed by atoms with Crippen LogP contribution in [0.2, 0.25) is 5.02 Å². The molecular weight excluding hydrogens is 312 g/mol. The lowest BCUT2D eigenvalue weighted by Crippen LogP contribution is -2.32. The number of benzene rings is 2. The Bertz CT molecular complexity index is 703. The molecule has 0 bridgehead atoms. The van der Waals surface area contributed by atoms with Gasteiger partial charge in [-0.05, 0) is 54.7 Å². The highest BCUT2D eigenvalue weighted by Crippen LogP contribution is 2.25. The summed E-state index contributed by atoms with van der Waals surface area (Å²) in [5.74, 6) is 0.860. The molecule has 0 fully saturated rings. The van der Waals surface area contributed by atoms with Gasteiger partial charge < -0.3 is 15.4 Å². The maximum atomic E-state index is 11.8. The predicted molar refractivity (Wildman–Crippen MR) is 92.4 cm³/mol. The lowest BCUT2D eigenvalue weighted by atomic mass is 10.1. The summed E-state index contributed by atoms with van der Waals surface area (Å²) in [6.45, 7) is 0.849. The number of halogens is 1. The van der Waals surface area contributed by atoms with Crippen molar-refractivity contribution in [2.45, 2.75) is 19.3 Å². The van der Waals surface area contributed by atoms with E-state index in [0.717, 1.165) is 12.2 Å². The molecule has 0 saturated heterocycles. The third kappa shape index (κ3) is 4.17. The second-order valence-corrected chi connectivity index (χ2v) is 5.90. The molecule has 4 nitrogen and oxygen atoms in total. The first kappa shape index (κ1) is 15.7. The van der Waals surface area contributed by atoms with Crippen molar-refractivity contribution in [3.05, 3.63) is 58.6 Å². The zero-order valence-corrected chi connectivity index (χ0v) is 13.5. The van der Waals surface area contributed by atoms with Crippen molar-refractivity contribution >= 4 is 23.3 Å². The lowest BCUT2D eigenvalue weighted by molar-refractivity contribution is 0.247. The third-order valence-electron chi connectivity index (χ3n) is 3.85. The minimum atomic E-state index is -0.296. The van der Waals surface area contributed by atoms with Crippen LogP contribution < -0.4 is 15.4 Å². The molecular formula is C18H19ClN2O2. The average Bonchev–Trinajstić information content (AvgIpc) is 3.01. The minimum absolute atomic E-state index is 0.296. The van der Waals surface area contributed by atoms with Crippen molar-refractivity contribution in [1.82, 2.24) is 5.32 Å². The molecule has 0 heterocycles. The summed E-state index contributed by atoms with van der Waals surface area (Å²) in [5, 5.41) is 5.96. The number of para-hydroxylation sites is 1. The van der Waals surface area contributed by atoms with Gasteiger partial charge in [0, 0.05) is 0 Å². The molecule has 2 N–H and O–H groups in total. The number of ether oxygens (including phenoxy) is 1. The van der Waals surface area contributed by atoms with Gasteiger partial charge in [-0.25, -0.2) is 4.79 Å². The molecule has 0 atom stereocenters. The van der Waals surface area contributed by atoms with Gasteiger partial charge in [0.2, 0.25) is 0 Å². The molecule has 0 spiro atoms. The second kappa shape index (κ2) is 7.38. The van der Waals surface area contributed by atoms with Crippen molar-refractivity contribution < 1.29 is 9.53 Å². The first-order chi connectivity index (χ1) is 11.2. The molecule has 2 amide bonds. The van der Waals surface area contributed by atoms with Crippen LogP contribution in [0, 0.1) is 0 Å². The number of amides is 2. The Morgan fingerprint density at radius 3 is 2.83 bits per heavy atom. The van der Waals surface area contributed by atoms with Gasteiger partial charge in [-0.15, -0.1) is 0 Å². The van der Waals surface area contributed by atoms with E-state index in [1.54, 1.807) is 12.1 Å². The molecule has 2 aromatic rings. The highest BCUT2D eigenvalue weighted by atomic mass is 35.5. The van der Waals surface area contributed by atoms with Crippen LogP contribution in [0.4, 0.5) is 10.5 Å². The van der Waals surface area contributed by atoms with E-state index in [0.29, 0.717) is 23.9 Å². The van der Waals surface area contributed by atoms with E-state index in [1.165, 1.54) is 24.0 Å². The zero-order chi connectivity index (χ0) is 16.1. The molecule has 3 rings (SSSR count). The van der Waals surface area contributed by atoms with Crippen LogP contribution in [0.1, 0.15) is 17.5 Å². The summed E-state index contributed by atoms with van der Waals surface area (Å²) >= 11 is 5.99. The Hall–Kier alpha value is -2.20. The number of carbonyl (C=O) groups excluding carboxylic acids is 1. The van der Waals surface area contributed by atoms with Gasteiger partial charge in [0.05, 0.1) is 17.3 Å². The molecule has 1 aliphatic rings. The Kier molecular flexibility index (Phi) is 5.03.